The van der Waals surface area contributed by atoms with Gasteiger partial charge in [0.05, 0.1) is 18.3 Å². The van der Waals surface area contributed by atoms with E-state index in [9.17, 15) is 20.1 Å². The van der Waals surface area contributed by atoms with Gasteiger partial charge in [0, 0.05) is 24.2 Å². The zero-order chi connectivity index (χ0) is 19.8. The maximum Gasteiger partial charge on any atom is 0.302 e. The Kier molecular flexibility index (Phi) is 4.17. The Morgan fingerprint density at radius 3 is 2.59 bits per heavy atom. The monoisotopic (exact) mass is 378 g/mol. The normalized spacial score (nSPS) is 52.8. The van der Waals surface area contributed by atoms with Crippen LogP contribution in [0.3, 0.4) is 0 Å². The largest absolute Gasteiger partial charge is 0.461 e. The van der Waals surface area contributed by atoms with E-state index in [1.165, 1.54) is 6.92 Å². The van der Waals surface area contributed by atoms with Crippen LogP contribution in [-0.4, -0.2) is 45.7 Å². The van der Waals surface area contributed by atoms with Crippen molar-refractivity contribution in [1.82, 2.24) is 0 Å². The molecule has 0 amide bonds. The molecular weight excluding hydrogens is 344 g/mol. The van der Waals surface area contributed by atoms with Gasteiger partial charge in [0.1, 0.15) is 6.10 Å². The van der Waals surface area contributed by atoms with Crippen molar-refractivity contribution in [3.8, 4) is 0 Å². The molecule has 5 nitrogen and oxygen atoms in total. The molecule has 0 saturated heterocycles. The van der Waals surface area contributed by atoms with Gasteiger partial charge in [-0.05, 0) is 42.4 Å². The number of hydrogen-bond acceptors (Lipinski definition) is 5. The number of hydrogen-bond donors (Lipinski definition) is 3. The third-order valence-corrected chi connectivity index (χ3v) is 8.75. The molecule has 5 heteroatoms. The standard InChI is InChI=1S/C22H34O5/c1-13(24)27-17-14-6-9-21(11-22(14,26)12-23)16(25)10-15-19(2,3)7-5-8-20(15,4)18(17)21/h6,9,14-18,23,25-26H,5,7-8,10-12H2,1-4H3/t14?,15?,16-,17-,18?,20-,21?,22-/m1/s1. The van der Waals surface area contributed by atoms with Crippen LogP contribution in [0.5, 0.6) is 0 Å². The Balaban J connectivity index is 1.88. The first kappa shape index (κ1) is 19.4. The molecular formula is C22H34O5. The summed E-state index contributed by atoms with van der Waals surface area (Å²) in [4.78, 5) is 12.0. The summed E-state index contributed by atoms with van der Waals surface area (Å²) in [5.74, 6) is -0.529. The van der Waals surface area contributed by atoms with Gasteiger partial charge < -0.3 is 20.1 Å². The van der Waals surface area contributed by atoms with E-state index in [1.807, 2.05) is 6.08 Å². The van der Waals surface area contributed by atoms with Gasteiger partial charge in [-0.2, -0.15) is 0 Å². The Bertz CT molecular complexity index is 672. The lowest BCUT2D eigenvalue weighted by atomic mass is 9.36. The molecule has 3 saturated carbocycles. The van der Waals surface area contributed by atoms with E-state index in [-0.39, 0.29) is 22.7 Å². The second-order valence-electron chi connectivity index (χ2n) is 10.6. The van der Waals surface area contributed by atoms with Crippen molar-refractivity contribution >= 4 is 5.97 Å². The van der Waals surface area contributed by atoms with Crippen LogP contribution in [0.15, 0.2) is 12.2 Å². The molecule has 0 aromatic heterocycles. The van der Waals surface area contributed by atoms with Gasteiger partial charge in [0.2, 0.25) is 0 Å². The summed E-state index contributed by atoms with van der Waals surface area (Å²) < 4.78 is 5.84. The number of esters is 1. The smallest absolute Gasteiger partial charge is 0.302 e. The molecule has 152 valence electrons. The lowest BCUT2D eigenvalue weighted by Gasteiger charge is -2.70. The van der Waals surface area contributed by atoms with E-state index in [0.29, 0.717) is 18.8 Å². The molecule has 0 radical (unpaired) electrons. The van der Waals surface area contributed by atoms with Crippen LogP contribution in [-0.2, 0) is 9.53 Å². The summed E-state index contributed by atoms with van der Waals surface area (Å²) in [6.45, 7) is 7.90. The van der Waals surface area contributed by atoms with Crippen LogP contribution in [0.2, 0.25) is 0 Å². The molecule has 8 atom stereocenters. The highest BCUT2D eigenvalue weighted by Gasteiger charge is 2.72. The fourth-order valence-electron chi connectivity index (χ4n) is 7.80. The average molecular weight is 379 g/mol. The topological polar surface area (TPSA) is 87.0 Å². The molecule has 3 N–H and O–H groups in total. The summed E-state index contributed by atoms with van der Waals surface area (Å²) in [5, 5.41) is 32.5. The van der Waals surface area contributed by atoms with Gasteiger partial charge in [-0.1, -0.05) is 39.3 Å². The molecule has 0 aromatic carbocycles. The number of carbonyl (C=O) groups excluding carboxylic acids is 1. The quantitative estimate of drug-likeness (QED) is 0.507. The third-order valence-electron chi connectivity index (χ3n) is 8.75. The van der Waals surface area contributed by atoms with Crippen LogP contribution >= 0.6 is 0 Å². The minimum Gasteiger partial charge on any atom is -0.461 e. The molecule has 5 aliphatic rings. The molecule has 0 aliphatic heterocycles. The number of rotatable bonds is 2. The fraction of sp³-hybridized carbons (Fsp3) is 0.864. The predicted octanol–water partition coefficient (Wildman–Crippen LogP) is 2.43. The second kappa shape index (κ2) is 5.80. The van der Waals surface area contributed by atoms with Crippen LogP contribution < -0.4 is 0 Å². The highest BCUT2D eigenvalue weighted by Crippen LogP contribution is 2.71. The van der Waals surface area contributed by atoms with Crippen LogP contribution in [0.25, 0.3) is 0 Å². The lowest BCUT2D eigenvalue weighted by molar-refractivity contribution is -0.275. The average Bonchev–Trinajstić information content (AvgIpc) is 2.56. The molecule has 3 fully saturated rings. The van der Waals surface area contributed by atoms with Crippen molar-refractivity contribution in [2.24, 2.45) is 34.0 Å². The lowest BCUT2D eigenvalue weighted by Crippen LogP contribution is -2.73. The summed E-state index contributed by atoms with van der Waals surface area (Å²) in [7, 11) is 0. The molecule has 0 aromatic rings. The van der Waals surface area contributed by atoms with Crippen molar-refractivity contribution in [3.05, 3.63) is 12.2 Å². The maximum atomic E-state index is 12.0. The van der Waals surface area contributed by atoms with Gasteiger partial charge in [-0.25, -0.2) is 0 Å². The number of aliphatic hydroxyl groups is 3. The van der Waals surface area contributed by atoms with E-state index >= 15 is 0 Å². The van der Waals surface area contributed by atoms with Gasteiger partial charge in [0.15, 0.2) is 0 Å². The van der Waals surface area contributed by atoms with Gasteiger partial charge in [-0.3, -0.25) is 4.79 Å². The Hall–Kier alpha value is -0.910. The summed E-state index contributed by atoms with van der Waals surface area (Å²) in [6, 6.07) is 0. The minimum absolute atomic E-state index is 0.0518. The van der Waals surface area contributed by atoms with Gasteiger partial charge in [0.25, 0.3) is 0 Å². The molecule has 4 unspecified atom stereocenters. The van der Waals surface area contributed by atoms with Gasteiger partial charge >= 0.3 is 5.97 Å². The first-order valence-electron chi connectivity index (χ1n) is 10.4. The van der Waals surface area contributed by atoms with Crippen LogP contribution in [0.1, 0.15) is 59.8 Å². The molecule has 1 spiro atoms. The first-order valence-corrected chi connectivity index (χ1v) is 10.4. The van der Waals surface area contributed by atoms with Crippen LogP contribution in [0, 0.1) is 34.0 Å². The van der Waals surface area contributed by atoms with Crippen molar-refractivity contribution in [2.45, 2.75) is 77.6 Å². The minimum atomic E-state index is -1.36. The van der Waals surface area contributed by atoms with Crippen molar-refractivity contribution in [3.63, 3.8) is 0 Å². The number of fused-ring (bicyclic) bond motifs is 2. The molecule has 2 bridgehead atoms. The predicted molar refractivity (Wildman–Crippen MR) is 101 cm³/mol. The van der Waals surface area contributed by atoms with E-state index in [4.69, 9.17) is 4.74 Å². The van der Waals surface area contributed by atoms with E-state index in [1.54, 1.807) is 0 Å². The van der Waals surface area contributed by atoms with Crippen molar-refractivity contribution < 1.29 is 24.9 Å². The zero-order valence-corrected chi connectivity index (χ0v) is 16.9. The molecule has 5 rings (SSSR count). The second-order valence-corrected chi connectivity index (χ2v) is 10.6. The Morgan fingerprint density at radius 1 is 1.26 bits per heavy atom. The van der Waals surface area contributed by atoms with E-state index in [0.717, 1.165) is 19.3 Å². The molecule has 27 heavy (non-hydrogen) atoms. The maximum absolute atomic E-state index is 12.0. The number of aliphatic hydroxyl groups excluding tert-OH is 2. The third kappa shape index (κ3) is 2.44. The SMILES string of the molecule is CC(=O)O[C@@H]1C2C=CC3(C[C@@]2(O)CO)C1[C@]1(C)CCCC(C)(C)C1C[C@H]3O. The Labute approximate surface area is 161 Å². The molecule has 0 heterocycles. The summed E-state index contributed by atoms with van der Waals surface area (Å²) in [5.41, 5.74) is -1.99. The van der Waals surface area contributed by atoms with Crippen molar-refractivity contribution in [1.29, 1.82) is 0 Å². The number of carbonyl (C=O) groups is 1. The Morgan fingerprint density at radius 2 is 1.96 bits per heavy atom. The van der Waals surface area contributed by atoms with E-state index < -0.39 is 35.7 Å². The fourth-order valence-corrected chi connectivity index (χ4v) is 7.80. The highest BCUT2D eigenvalue weighted by molar-refractivity contribution is 5.66. The molecule has 5 aliphatic carbocycles. The summed E-state index contributed by atoms with van der Waals surface area (Å²) in [6.07, 6.45) is 7.11. The zero-order valence-electron chi connectivity index (χ0n) is 16.9. The summed E-state index contributed by atoms with van der Waals surface area (Å²) >= 11 is 0. The van der Waals surface area contributed by atoms with E-state index in [2.05, 4.69) is 26.8 Å². The number of ether oxygens (including phenoxy) is 1. The first-order chi connectivity index (χ1) is 12.5. The highest BCUT2D eigenvalue weighted by atomic mass is 16.5. The van der Waals surface area contributed by atoms with Gasteiger partial charge in [-0.15, -0.1) is 0 Å². The van der Waals surface area contributed by atoms with Crippen molar-refractivity contribution in [2.75, 3.05) is 6.61 Å². The van der Waals surface area contributed by atoms with Crippen LogP contribution in [0.4, 0.5) is 0 Å².